The quantitative estimate of drug-likeness (QED) is 0.673. The first kappa shape index (κ1) is 17.6. The third-order valence-electron chi connectivity index (χ3n) is 3.19. The number of ether oxygens (including phenoxy) is 4. The van der Waals surface area contributed by atoms with Gasteiger partial charge in [0.2, 0.25) is 0 Å². The van der Waals surface area contributed by atoms with E-state index in [0.29, 0.717) is 18.1 Å². The molecule has 0 amide bonds. The highest BCUT2D eigenvalue weighted by Crippen LogP contribution is 2.37. The Morgan fingerprint density at radius 2 is 1.57 bits per heavy atom. The molecule has 0 saturated carbocycles. The first-order valence-electron chi connectivity index (χ1n) is 7.32. The Morgan fingerprint density at radius 1 is 0.952 bits per heavy atom. The summed E-state index contributed by atoms with van der Waals surface area (Å²) in [5, 5.41) is 3.42. The molecule has 1 aromatic rings. The van der Waals surface area contributed by atoms with E-state index in [4.69, 9.17) is 18.9 Å². The summed E-state index contributed by atoms with van der Waals surface area (Å²) in [7, 11) is 4.90. The van der Waals surface area contributed by atoms with E-state index in [9.17, 15) is 0 Å². The molecule has 0 saturated heterocycles. The minimum absolute atomic E-state index is 0.0521. The highest BCUT2D eigenvalue weighted by atomic mass is 16.5. The summed E-state index contributed by atoms with van der Waals surface area (Å²) in [5.41, 5.74) is 1.01. The Hall–Kier alpha value is -1.46. The molecule has 1 unspecified atom stereocenters. The van der Waals surface area contributed by atoms with Gasteiger partial charge in [0.25, 0.3) is 0 Å². The summed E-state index contributed by atoms with van der Waals surface area (Å²) in [4.78, 5) is 0. The average Bonchev–Trinajstić information content (AvgIpc) is 2.52. The first-order valence-corrected chi connectivity index (χ1v) is 7.32. The van der Waals surface area contributed by atoms with Crippen molar-refractivity contribution in [2.75, 3.05) is 41.1 Å². The van der Waals surface area contributed by atoms with Crippen LogP contribution in [0.2, 0.25) is 0 Å². The maximum Gasteiger partial charge on any atom is 0.164 e. The highest BCUT2D eigenvalue weighted by molar-refractivity contribution is 5.51. The van der Waals surface area contributed by atoms with Crippen molar-refractivity contribution < 1.29 is 18.9 Å². The van der Waals surface area contributed by atoms with Gasteiger partial charge in [-0.15, -0.1) is 0 Å². The molecule has 0 aliphatic carbocycles. The van der Waals surface area contributed by atoms with E-state index in [1.54, 1.807) is 21.3 Å². The number of hydrogen-bond acceptors (Lipinski definition) is 5. The molecule has 0 bridgehead atoms. The molecule has 0 heterocycles. The highest BCUT2D eigenvalue weighted by Gasteiger charge is 2.19. The molecule has 1 N–H and O–H groups in total. The minimum atomic E-state index is 0.0521. The molecule has 21 heavy (non-hydrogen) atoms. The van der Waals surface area contributed by atoms with Gasteiger partial charge in [-0.3, -0.25) is 0 Å². The van der Waals surface area contributed by atoms with E-state index in [2.05, 4.69) is 19.2 Å². The van der Waals surface area contributed by atoms with Crippen LogP contribution in [-0.4, -0.2) is 41.1 Å². The average molecular weight is 297 g/mol. The van der Waals surface area contributed by atoms with Crippen LogP contribution in [0.1, 0.15) is 31.9 Å². The lowest BCUT2D eigenvalue weighted by atomic mass is 10.0. The zero-order valence-corrected chi connectivity index (χ0v) is 13.7. The van der Waals surface area contributed by atoms with Crippen molar-refractivity contribution in [1.82, 2.24) is 5.32 Å². The van der Waals surface area contributed by atoms with Crippen molar-refractivity contribution in [2.24, 2.45) is 0 Å². The summed E-state index contributed by atoms with van der Waals surface area (Å²) in [6.07, 6.45) is 1.00. The van der Waals surface area contributed by atoms with Crippen LogP contribution in [0.25, 0.3) is 0 Å². The van der Waals surface area contributed by atoms with E-state index in [1.807, 2.05) is 12.1 Å². The van der Waals surface area contributed by atoms with Gasteiger partial charge in [0.05, 0.1) is 34.0 Å². The predicted molar refractivity (Wildman–Crippen MR) is 83.6 cm³/mol. The van der Waals surface area contributed by atoms with Gasteiger partial charge in [0.15, 0.2) is 11.5 Å². The monoisotopic (exact) mass is 297 g/mol. The molecule has 0 spiro atoms. The minimum Gasteiger partial charge on any atom is -0.496 e. The number of nitrogens with one attached hydrogen (secondary N) is 1. The Balaban J connectivity index is 3.09. The zero-order chi connectivity index (χ0) is 15.7. The lowest BCUT2D eigenvalue weighted by Gasteiger charge is -2.22. The summed E-state index contributed by atoms with van der Waals surface area (Å²) in [5.74, 6) is 2.10. The van der Waals surface area contributed by atoms with Gasteiger partial charge >= 0.3 is 0 Å². The standard InChI is InChI=1S/C16H27NO4/c1-6-8-21-11-13(17-7-2)12-9-15(19-4)16(20-5)10-14(12)18-3/h9-10,13,17H,6-8,11H2,1-5H3. The van der Waals surface area contributed by atoms with Crippen LogP contribution < -0.4 is 19.5 Å². The van der Waals surface area contributed by atoms with Gasteiger partial charge in [0, 0.05) is 18.2 Å². The van der Waals surface area contributed by atoms with Crippen LogP contribution in [0.15, 0.2) is 12.1 Å². The first-order chi connectivity index (χ1) is 10.2. The molecular weight excluding hydrogens is 270 g/mol. The summed E-state index contributed by atoms with van der Waals surface area (Å²) < 4.78 is 21.9. The topological polar surface area (TPSA) is 49.0 Å². The molecule has 1 atom stereocenters. The van der Waals surface area contributed by atoms with Crippen LogP contribution in [0.5, 0.6) is 17.2 Å². The summed E-state index contributed by atoms with van der Waals surface area (Å²) in [6, 6.07) is 3.84. The van der Waals surface area contributed by atoms with Crippen LogP contribution in [-0.2, 0) is 4.74 Å². The molecular formula is C16H27NO4. The molecule has 5 nitrogen and oxygen atoms in total. The van der Waals surface area contributed by atoms with Gasteiger partial charge in [0.1, 0.15) is 5.75 Å². The number of hydrogen-bond donors (Lipinski definition) is 1. The van der Waals surface area contributed by atoms with Gasteiger partial charge in [-0.1, -0.05) is 13.8 Å². The van der Waals surface area contributed by atoms with Gasteiger partial charge in [-0.2, -0.15) is 0 Å². The fraction of sp³-hybridized carbons (Fsp3) is 0.625. The van der Waals surface area contributed by atoms with E-state index < -0.39 is 0 Å². The number of methoxy groups -OCH3 is 3. The van der Waals surface area contributed by atoms with Gasteiger partial charge in [-0.05, 0) is 19.0 Å². The fourth-order valence-electron chi connectivity index (χ4n) is 2.18. The third-order valence-corrected chi connectivity index (χ3v) is 3.19. The fourth-order valence-corrected chi connectivity index (χ4v) is 2.18. The lowest BCUT2D eigenvalue weighted by molar-refractivity contribution is 0.111. The second-order valence-electron chi connectivity index (χ2n) is 4.63. The van der Waals surface area contributed by atoms with Crippen molar-refractivity contribution >= 4 is 0 Å². The van der Waals surface area contributed by atoms with E-state index in [1.165, 1.54) is 0 Å². The maximum absolute atomic E-state index is 5.69. The maximum atomic E-state index is 5.69. The smallest absolute Gasteiger partial charge is 0.164 e. The molecule has 0 aromatic heterocycles. The summed E-state index contributed by atoms with van der Waals surface area (Å²) >= 11 is 0. The van der Waals surface area contributed by atoms with Crippen LogP contribution >= 0.6 is 0 Å². The molecule has 0 fully saturated rings. The molecule has 1 aromatic carbocycles. The van der Waals surface area contributed by atoms with Crippen LogP contribution in [0.3, 0.4) is 0 Å². The Morgan fingerprint density at radius 3 is 2.10 bits per heavy atom. The second kappa shape index (κ2) is 9.47. The number of likely N-dealkylation sites (N-methyl/N-ethyl adjacent to an activating group) is 1. The lowest BCUT2D eigenvalue weighted by Crippen LogP contribution is -2.26. The SMILES string of the molecule is CCCOCC(NCC)c1cc(OC)c(OC)cc1OC. The molecule has 0 radical (unpaired) electrons. The third kappa shape index (κ3) is 4.79. The molecule has 0 aliphatic heterocycles. The Bertz CT molecular complexity index is 423. The largest absolute Gasteiger partial charge is 0.496 e. The number of rotatable bonds is 10. The molecule has 5 heteroatoms. The van der Waals surface area contributed by atoms with Gasteiger partial charge in [-0.25, -0.2) is 0 Å². The van der Waals surface area contributed by atoms with Gasteiger partial charge < -0.3 is 24.3 Å². The zero-order valence-electron chi connectivity index (χ0n) is 13.7. The molecule has 120 valence electrons. The van der Waals surface area contributed by atoms with Crippen molar-refractivity contribution in [3.05, 3.63) is 17.7 Å². The van der Waals surface area contributed by atoms with Crippen LogP contribution in [0, 0.1) is 0 Å². The Kier molecular flexibility index (Phi) is 7.93. The van der Waals surface area contributed by atoms with E-state index in [-0.39, 0.29) is 6.04 Å². The number of benzene rings is 1. The van der Waals surface area contributed by atoms with E-state index in [0.717, 1.165) is 30.9 Å². The molecule has 0 aliphatic rings. The van der Waals surface area contributed by atoms with E-state index >= 15 is 0 Å². The summed E-state index contributed by atoms with van der Waals surface area (Å²) in [6.45, 7) is 6.35. The second-order valence-corrected chi connectivity index (χ2v) is 4.63. The Labute approximate surface area is 127 Å². The van der Waals surface area contributed by atoms with Crippen molar-refractivity contribution in [3.63, 3.8) is 0 Å². The normalized spacial score (nSPS) is 12.0. The molecule has 1 rings (SSSR count). The van der Waals surface area contributed by atoms with Crippen molar-refractivity contribution in [3.8, 4) is 17.2 Å². The van der Waals surface area contributed by atoms with Crippen LogP contribution in [0.4, 0.5) is 0 Å². The van der Waals surface area contributed by atoms with Crippen molar-refractivity contribution in [2.45, 2.75) is 26.3 Å². The van der Waals surface area contributed by atoms with Crippen molar-refractivity contribution in [1.29, 1.82) is 0 Å². The predicted octanol–water partition coefficient (Wildman–Crippen LogP) is 2.79.